The second kappa shape index (κ2) is 6.82. The molecule has 0 fully saturated rings. The highest BCUT2D eigenvalue weighted by Crippen LogP contribution is 2.40. The maximum absolute atomic E-state index is 11.2. The van der Waals surface area contributed by atoms with E-state index in [0.717, 1.165) is 41.8 Å². The Hall–Kier alpha value is -2.70. The van der Waals surface area contributed by atoms with Crippen LogP contribution in [0.2, 0.25) is 0 Å². The summed E-state index contributed by atoms with van der Waals surface area (Å²) < 4.78 is 1.82. The number of aromatic nitrogens is 3. The summed E-state index contributed by atoms with van der Waals surface area (Å²) in [4.78, 5) is 26.5. The van der Waals surface area contributed by atoms with Crippen LogP contribution in [-0.2, 0) is 22.6 Å². The smallest absolute Gasteiger partial charge is 0.303 e. The summed E-state index contributed by atoms with van der Waals surface area (Å²) in [7, 11) is 0. The highest BCUT2D eigenvalue weighted by atomic mass is 16.4. The lowest BCUT2D eigenvalue weighted by molar-refractivity contribution is -0.137. The Balaban J connectivity index is 2.07. The summed E-state index contributed by atoms with van der Waals surface area (Å²) in [5, 5.41) is 13.9. The fourth-order valence-corrected chi connectivity index (χ4v) is 3.40. The quantitative estimate of drug-likeness (QED) is 0.838. The van der Waals surface area contributed by atoms with Crippen LogP contribution in [0.5, 0.6) is 0 Å². The third-order valence-electron chi connectivity index (χ3n) is 4.40. The second-order valence-corrected chi connectivity index (χ2v) is 6.08. The Morgan fingerprint density at radius 3 is 2.92 bits per heavy atom. The Morgan fingerprint density at radius 2 is 2.25 bits per heavy atom. The lowest BCUT2D eigenvalue weighted by Crippen LogP contribution is -2.18. The van der Waals surface area contributed by atoms with E-state index in [9.17, 15) is 14.7 Å². The van der Waals surface area contributed by atoms with Gasteiger partial charge in [0.15, 0.2) is 0 Å². The highest BCUT2D eigenvalue weighted by Gasteiger charge is 2.30. The first kappa shape index (κ1) is 16.2. The fraction of sp³-hybridized carbons (Fsp3) is 0.412. The Morgan fingerprint density at radius 1 is 1.42 bits per heavy atom. The molecule has 2 aromatic heterocycles. The van der Waals surface area contributed by atoms with Gasteiger partial charge < -0.3 is 10.8 Å². The number of fused-ring (bicyclic) bond motifs is 1. The van der Waals surface area contributed by atoms with Gasteiger partial charge in [0.1, 0.15) is 0 Å². The largest absolute Gasteiger partial charge is 0.481 e. The van der Waals surface area contributed by atoms with Crippen molar-refractivity contribution in [3.05, 3.63) is 35.8 Å². The molecule has 2 aromatic rings. The minimum atomic E-state index is -0.810. The van der Waals surface area contributed by atoms with Crippen LogP contribution in [-0.4, -0.2) is 31.7 Å². The molecular weight excluding hydrogens is 308 g/mol. The molecule has 126 valence electrons. The van der Waals surface area contributed by atoms with Crippen LogP contribution in [0.25, 0.3) is 11.3 Å². The minimum absolute atomic E-state index is 0.0659. The van der Waals surface area contributed by atoms with E-state index in [-0.39, 0.29) is 24.7 Å². The first-order chi connectivity index (χ1) is 11.6. The molecule has 24 heavy (non-hydrogen) atoms. The third-order valence-corrected chi connectivity index (χ3v) is 4.40. The van der Waals surface area contributed by atoms with E-state index in [1.807, 2.05) is 16.8 Å². The van der Waals surface area contributed by atoms with Gasteiger partial charge in [0.2, 0.25) is 5.91 Å². The molecule has 1 atom stereocenters. The number of rotatable bonds is 6. The minimum Gasteiger partial charge on any atom is -0.481 e. The number of aryl methyl sites for hydroxylation is 1. The molecule has 2 heterocycles. The van der Waals surface area contributed by atoms with Gasteiger partial charge in [-0.25, -0.2) is 0 Å². The van der Waals surface area contributed by atoms with Gasteiger partial charge in [0, 0.05) is 42.2 Å². The van der Waals surface area contributed by atoms with Crippen molar-refractivity contribution in [2.45, 2.75) is 44.6 Å². The predicted molar refractivity (Wildman–Crippen MR) is 87.2 cm³/mol. The van der Waals surface area contributed by atoms with Crippen molar-refractivity contribution in [3.8, 4) is 11.3 Å². The number of hydrogen-bond donors (Lipinski definition) is 2. The molecule has 7 nitrogen and oxygen atoms in total. The number of carbonyl (C=O) groups is 2. The Labute approximate surface area is 139 Å². The molecule has 7 heteroatoms. The summed E-state index contributed by atoms with van der Waals surface area (Å²) in [5.41, 5.74) is 8.90. The summed E-state index contributed by atoms with van der Waals surface area (Å²) in [6, 6.07) is 3.75. The molecule has 0 bridgehead atoms. The molecule has 1 aliphatic rings. The molecule has 0 aliphatic heterocycles. The van der Waals surface area contributed by atoms with Crippen LogP contribution < -0.4 is 5.73 Å². The SMILES string of the molecule is NC(=O)CCn1nc(-c2cccnc2)c2c1CCCC2CC(=O)O. The molecule has 0 radical (unpaired) electrons. The molecular formula is C17H20N4O3. The van der Waals surface area contributed by atoms with E-state index in [1.165, 1.54) is 0 Å². The van der Waals surface area contributed by atoms with E-state index < -0.39 is 5.97 Å². The zero-order chi connectivity index (χ0) is 17.1. The lowest BCUT2D eigenvalue weighted by Gasteiger charge is -2.23. The van der Waals surface area contributed by atoms with Crippen molar-refractivity contribution in [1.82, 2.24) is 14.8 Å². The molecule has 1 unspecified atom stereocenters. The Bertz CT molecular complexity index is 755. The van der Waals surface area contributed by atoms with Crippen molar-refractivity contribution < 1.29 is 14.7 Å². The number of pyridine rings is 1. The van der Waals surface area contributed by atoms with Crippen LogP contribution in [0, 0.1) is 0 Å². The zero-order valence-corrected chi connectivity index (χ0v) is 13.3. The van der Waals surface area contributed by atoms with Gasteiger partial charge in [-0.1, -0.05) is 0 Å². The van der Waals surface area contributed by atoms with Gasteiger partial charge >= 0.3 is 5.97 Å². The third kappa shape index (κ3) is 3.29. The van der Waals surface area contributed by atoms with Gasteiger partial charge in [-0.3, -0.25) is 19.3 Å². The van der Waals surface area contributed by atoms with Crippen LogP contribution in [0.1, 0.15) is 42.9 Å². The summed E-state index contributed by atoms with van der Waals surface area (Å²) >= 11 is 0. The first-order valence-corrected chi connectivity index (χ1v) is 8.06. The monoisotopic (exact) mass is 328 g/mol. The van der Waals surface area contributed by atoms with Crippen LogP contribution in [0.4, 0.5) is 0 Å². The first-order valence-electron chi connectivity index (χ1n) is 8.06. The van der Waals surface area contributed by atoms with Gasteiger partial charge in [0.25, 0.3) is 0 Å². The molecule has 0 saturated heterocycles. The number of primary amides is 1. The van der Waals surface area contributed by atoms with Gasteiger partial charge in [-0.05, 0) is 37.3 Å². The van der Waals surface area contributed by atoms with Gasteiger partial charge in [-0.2, -0.15) is 5.10 Å². The van der Waals surface area contributed by atoms with Crippen molar-refractivity contribution in [1.29, 1.82) is 0 Å². The van der Waals surface area contributed by atoms with Gasteiger partial charge in [0.05, 0.1) is 12.1 Å². The summed E-state index contributed by atoms with van der Waals surface area (Å²) in [6.07, 6.45) is 6.29. The average Bonchev–Trinajstić information content (AvgIpc) is 2.93. The number of carboxylic acids is 1. The number of nitrogens with two attached hydrogens (primary N) is 1. The van der Waals surface area contributed by atoms with Crippen LogP contribution >= 0.6 is 0 Å². The molecule has 1 aliphatic carbocycles. The zero-order valence-electron chi connectivity index (χ0n) is 13.3. The number of carboxylic acid groups (broad SMARTS) is 1. The molecule has 3 N–H and O–H groups in total. The lowest BCUT2D eigenvalue weighted by atomic mass is 9.82. The van der Waals surface area contributed by atoms with E-state index in [0.29, 0.717) is 6.54 Å². The van der Waals surface area contributed by atoms with Crippen molar-refractivity contribution in [2.24, 2.45) is 5.73 Å². The summed E-state index contributed by atoms with van der Waals surface area (Å²) in [6.45, 7) is 0.414. The van der Waals surface area contributed by atoms with Crippen LogP contribution in [0.3, 0.4) is 0 Å². The molecule has 3 rings (SSSR count). The van der Waals surface area contributed by atoms with Crippen molar-refractivity contribution in [2.75, 3.05) is 0 Å². The van der Waals surface area contributed by atoms with E-state index in [2.05, 4.69) is 10.1 Å². The standard InChI is InChI=1S/C17H20N4O3/c18-14(22)6-8-21-13-5-1-3-11(9-15(23)24)16(13)17(20-21)12-4-2-7-19-10-12/h2,4,7,10-11H,1,3,5-6,8-9H2,(H2,18,22)(H,23,24). The fourth-order valence-electron chi connectivity index (χ4n) is 3.40. The normalized spacial score (nSPS) is 16.6. The van der Waals surface area contributed by atoms with Gasteiger partial charge in [-0.15, -0.1) is 0 Å². The molecule has 1 amide bonds. The van der Waals surface area contributed by atoms with Crippen molar-refractivity contribution >= 4 is 11.9 Å². The number of amides is 1. The van der Waals surface area contributed by atoms with Crippen LogP contribution in [0.15, 0.2) is 24.5 Å². The average molecular weight is 328 g/mol. The predicted octanol–water partition coefficient (Wildman–Crippen LogP) is 1.72. The maximum Gasteiger partial charge on any atom is 0.303 e. The molecule has 0 spiro atoms. The maximum atomic E-state index is 11.2. The van der Waals surface area contributed by atoms with Crippen molar-refractivity contribution in [3.63, 3.8) is 0 Å². The number of aliphatic carboxylic acids is 1. The molecule has 0 saturated carbocycles. The number of hydrogen-bond acceptors (Lipinski definition) is 4. The number of nitrogens with zero attached hydrogens (tertiary/aromatic N) is 3. The topological polar surface area (TPSA) is 111 Å². The summed E-state index contributed by atoms with van der Waals surface area (Å²) in [5.74, 6) is -1.25. The number of carbonyl (C=O) groups excluding carboxylic acids is 1. The van der Waals surface area contributed by atoms with E-state index >= 15 is 0 Å². The Kier molecular flexibility index (Phi) is 4.59. The van der Waals surface area contributed by atoms with E-state index in [1.54, 1.807) is 12.4 Å². The molecule has 0 aromatic carbocycles. The van der Waals surface area contributed by atoms with E-state index in [4.69, 9.17) is 5.73 Å². The highest BCUT2D eigenvalue weighted by molar-refractivity contribution is 5.74. The second-order valence-electron chi connectivity index (χ2n) is 6.08.